The van der Waals surface area contributed by atoms with Crippen LogP contribution in [0.1, 0.15) is 23.8 Å². The van der Waals surface area contributed by atoms with E-state index in [4.69, 9.17) is 16.6 Å². The minimum atomic E-state index is -0.0654. The van der Waals surface area contributed by atoms with Crippen molar-refractivity contribution < 1.29 is 5.11 Å². The number of aromatic nitrogens is 2. The van der Waals surface area contributed by atoms with Crippen LogP contribution in [0.3, 0.4) is 0 Å². The van der Waals surface area contributed by atoms with Crippen molar-refractivity contribution in [3.8, 4) is 5.69 Å². The Morgan fingerprint density at radius 3 is 2.88 bits per heavy atom. The molecule has 0 radical (unpaired) electrons. The molecule has 1 unspecified atom stereocenters. The van der Waals surface area contributed by atoms with E-state index in [0.717, 1.165) is 35.0 Å². The van der Waals surface area contributed by atoms with Crippen molar-refractivity contribution >= 4 is 39.1 Å². The molecule has 4 rings (SSSR count). The van der Waals surface area contributed by atoms with Crippen LogP contribution in [0.5, 0.6) is 0 Å². The Balaban J connectivity index is 1.97. The molecule has 2 heterocycles. The number of hydrogen-bond donors (Lipinski definition) is 2. The van der Waals surface area contributed by atoms with Crippen LogP contribution in [0.25, 0.3) is 15.9 Å². The lowest BCUT2D eigenvalue weighted by atomic mass is 9.89. The van der Waals surface area contributed by atoms with Crippen LogP contribution in [0.15, 0.2) is 29.1 Å². The quantitative estimate of drug-likeness (QED) is 0.715. The summed E-state index contributed by atoms with van der Waals surface area (Å²) in [7, 11) is 0. The summed E-state index contributed by atoms with van der Waals surface area (Å²) in [5.74, 6) is 1.03. The van der Waals surface area contributed by atoms with Gasteiger partial charge in [0, 0.05) is 16.4 Å². The van der Waals surface area contributed by atoms with Gasteiger partial charge in [-0.15, -0.1) is 11.3 Å². The van der Waals surface area contributed by atoms with Crippen LogP contribution in [0.4, 0.5) is 5.95 Å². The maximum atomic E-state index is 13.4. The van der Waals surface area contributed by atoms with Crippen molar-refractivity contribution in [2.75, 3.05) is 18.5 Å². The van der Waals surface area contributed by atoms with Gasteiger partial charge in [0.15, 0.2) is 0 Å². The number of hydrogen-bond acceptors (Lipinski definition) is 5. The molecule has 0 fully saturated rings. The van der Waals surface area contributed by atoms with Gasteiger partial charge in [-0.3, -0.25) is 4.79 Å². The molecule has 0 saturated carbocycles. The summed E-state index contributed by atoms with van der Waals surface area (Å²) in [5, 5.41) is 13.6. The summed E-state index contributed by atoms with van der Waals surface area (Å²) in [6.07, 6.45) is 3.09. The van der Waals surface area contributed by atoms with Gasteiger partial charge < -0.3 is 10.4 Å². The zero-order valence-electron chi connectivity index (χ0n) is 14.5. The predicted molar refractivity (Wildman–Crippen MR) is 107 cm³/mol. The topological polar surface area (TPSA) is 67.2 Å². The van der Waals surface area contributed by atoms with Gasteiger partial charge in [-0.05, 0) is 55.0 Å². The van der Waals surface area contributed by atoms with E-state index >= 15 is 0 Å². The van der Waals surface area contributed by atoms with Gasteiger partial charge in [-0.2, -0.15) is 0 Å². The largest absolute Gasteiger partial charge is 0.395 e. The molecule has 1 aliphatic rings. The van der Waals surface area contributed by atoms with Crippen LogP contribution < -0.4 is 10.9 Å². The third-order valence-electron chi connectivity index (χ3n) is 4.80. The molecule has 3 aromatic rings. The molecule has 7 heteroatoms. The Labute approximate surface area is 160 Å². The number of aliphatic hydroxyl groups excluding tert-OH is 1. The van der Waals surface area contributed by atoms with Crippen molar-refractivity contribution in [3.05, 3.63) is 50.1 Å². The highest BCUT2D eigenvalue weighted by molar-refractivity contribution is 7.18. The van der Waals surface area contributed by atoms with Crippen LogP contribution in [0, 0.1) is 5.92 Å². The fraction of sp³-hybridized carbons (Fsp3) is 0.368. The van der Waals surface area contributed by atoms with E-state index in [-0.39, 0.29) is 12.2 Å². The number of nitrogens with zero attached hydrogens (tertiary/aromatic N) is 2. The number of anilines is 1. The van der Waals surface area contributed by atoms with Crippen LogP contribution >= 0.6 is 22.9 Å². The summed E-state index contributed by atoms with van der Waals surface area (Å²) in [5.41, 5.74) is 1.81. The molecule has 0 spiro atoms. The molecule has 1 aliphatic carbocycles. The number of rotatable bonds is 4. The lowest BCUT2D eigenvalue weighted by molar-refractivity contribution is 0.310. The van der Waals surface area contributed by atoms with Crippen LogP contribution in [0.2, 0.25) is 5.02 Å². The van der Waals surface area contributed by atoms with E-state index in [9.17, 15) is 9.90 Å². The van der Waals surface area contributed by atoms with Crippen molar-refractivity contribution in [1.29, 1.82) is 0 Å². The molecular formula is C19H20ClN3O2S. The van der Waals surface area contributed by atoms with Gasteiger partial charge >= 0.3 is 0 Å². The lowest BCUT2D eigenvalue weighted by Crippen LogP contribution is -2.25. The molecule has 2 N–H and O–H groups in total. The molecule has 1 atom stereocenters. The molecule has 0 amide bonds. The summed E-state index contributed by atoms with van der Waals surface area (Å²) in [6.45, 7) is 2.52. The van der Waals surface area contributed by atoms with Crippen LogP contribution in [-0.4, -0.2) is 27.8 Å². The second-order valence-electron chi connectivity index (χ2n) is 6.73. The number of thiophene rings is 1. The SMILES string of the molecule is CC1CCc2sc3nc(NCCO)n(-c4ccc(Cl)cc4)c(=O)c3c2C1. The number of benzene rings is 1. The summed E-state index contributed by atoms with van der Waals surface area (Å²) in [4.78, 5) is 20.2. The zero-order chi connectivity index (χ0) is 18.3. The third kappa shape index (κ3) is 3.02. The van der Waals surface area contributed by atoms with Crippen molar-refractivity contribution in [2.45, 2.75) is 26.2 Å². The second-order valence-corrected chi connectivity index (χ2v) is 8.25. The molecule has 136 valence electrons. The molecule has 2 aromatic heterocycles. The average Bonchev–Trinajstić information content (AvgIpc) is 2.99. The Morgan fingerprint density at radius 2 is 2.15 bits per heavy atom. The molecule has 0 saturated heterocycles. The normalized spacial score (nSPS) is 16.7. The van der Waals surface area contributed by atoms with Gasteiger partial charge in [0.2, 0.25) is 5.95 Å². The first-order chi connectivity index (χ1) is 12.6. The number of aryl methyl sites for hydroxylation is 1. The van der Waals surface area contributed by atoms with Gasteiger partial charge in [0.1, 0.15) is 4.83 Å². The van der Waals surface area contributed by atoms with E-state index in [1.807, 2.05) is 12.1 Å². The molecule has 1 aromatic carbocycles. The Hall–Kier alpha value is -1.89. The van der Waals surface area contributed by atoms with Crippen molar-refractivity contribution in [2.24, 2.45) is 5.92 Å². The minimum Gasteiger partial charge on any atom is -0.395 e. The van der Waals surface area contributed by atoms with E-state index < -0.39 is 0 Å². The Morgan fingerprint density at radius 1 is 1.38 bits per heavy atom. The first-order valence-corrected chi connectivity index (χ1v) is 9.96. The molecule has 0 bridgehead atoms. The monoisotopic (exact) mass is 389 g/mol. The summed E-state index contributed by atoms with van der Waals surface area (Å²) < 4.78 is 1.58. The van der Waals surface area contributed by atoms with E-state index in [1.165, 1.54) is 4.88 Å². The van der Waals surface area contributed by atoms with Gasteiger partial charge in [-0.25, -0.2) is 9.55 Å². The fourth-order valence-electron chi connectivity index (χ4n) is 3.51. The fourth-order valence-corrected chi connectivity index (χ4v) is 4.85. The maximum Gasteiger partial charge on any atom is 0.268 e. The van der Waals surface area contributed by atoms with Gasteiger partial charge in [0.05, 0.1) is 17.7 Å². The second kappa shape index (κ2) is 7.02. The average molecular weight is 390 g/mol. The number of fused-ring (bicyclic) bond motifs is 3. The molecular weight excluding hydrogens is 370 g/mol. The van der Waals surface area contributed by atoms with Gasteiger partial charge in [0.25, 0.3) is 5.56 Å². The van der Waals surface area contributed by atoms with Crippen molar-refractivity contribution in [3.63, 3.8) is 0 Å². The smallest absolute Gasteiger partial charge is 0.268 e. The first kappa shape index (κ1) is 17.5. The number of nitrogens with one attached hydrogen (secondary N) is 1. The molecule has 0 aliphatic heterocycles. The third-order valence-corrected chi connectivity index (χ3v) is 6.24. The summed E-state index contributed by atoms with van der Waals surface area (Å²) >= 11 is 7.62. The van der Waals surface area contributed by atoms with Crippen molar-refractivity contribution in [1.82, 2.24) is 9.55 Å². The van der Waals surface area contributed by atoms with E-state index in [1.54, 1.807) is 28.0 Å². The van der Waals surface area contributed by atoms with Gasteiger partial charge in [-0.1, -0.05) is 18.5 Å². The summed E-state index contributed by atoms with van der Waals surface area (Å²) in [6, 6.07) is 7.13. The highest BCUT2D eigenvalue weighted by atomic mass is 35.5. The first-order valence-electron chi connectivity index (χ1n) is 8.76. The predicted octanol–water partition coefficient (Wildman–Crippen LogP) is 3.63. The number of halogens is 1. The Kier molecular flexibility index (Phi) is 4.73. The van der Waals surface area contributed by atoms with E-state index in [2.05, 4.69) is 12.2 Å². The highest BCUT2D eigenvalue weighted by Gasteiger charge is 2.25. The molecule has 26 heavy (non-hydrogen) atoms. The standard InChI is InChI=1S/C19H20ClN3O2S/c1-11-2-7-15-14(10-11)16-17(26-15)22-19(21-8-9-24)23(18(16)25)13-5-3-12(20)4-6-13/h3-6,11,24H,2,7-10H2,1H3,(H,21,22). The maximum absolute atomic E-state index is 13.4. The minimum absolute atomic E-state index is 0.0347. The lowest BCUT2D eigenvalue weighted by Gasteiger charge is -2.18. The Bertz CT molecular complexity index is 1010. The van der Waals surface area contributed by atoms with E-state index in [0.29, 0.717) is 29.1 Å². The highest BCUT2D eigenvalue weighted by Crippen LogP contribution is 2.36. The number of aliphatic hydroxyl groups is 1. The molecule has 5 nitrogen and oxygen atoms in total. The zero-order valence-corrected chi connectivity index (χ0v) is 16.0. The van der Waals surface area contributed by atoms with Crippen LogP contribution in [-0.2, 0) is 12.8 Å².